The van der Waals surface area contributed by atoms with E-state index in [1.165, 1.54) is 5.56 Å². The standard InChI is InChI=1S/C17H21NO3/c1-12-7-8-16(13(2)9-12)20-10-14(19)11-21-17-6-4-3-5-15(17)18/h3-9,14,19H,10-11,18H2,1-2H3. The number of nitrogen functional groups attached to an aromatic ring is 1. The van der Waals surface area contributed by atoms with Gasteiger partial charge in [-0.1, -0.05) is 29.8 Å². The highest BCUT2D eigenvalue weighted by atomic mass is 16.5. The molecular formula is C17H21NO3. The summed E-state index contributed by atoms with van der Waals surface area (Å²) in [5.41, 5.74) is 8.56. The van der Waals surface area contributed by atoms with E-state index >= 15 is 0 Å². The number of aliphatic hydroxyl groups is 1. The van der Waals surface area contributed by atoms with Crippen LogP contribution in [0.4, 0.5) is 5.69 Å². The number of rotatable bonds is 6. The summed E-state index contributed by atoms with van der Waals surface area (Å²) in [4.78, 5) is 0. The van der Waals surface area contributed by atoms with E-state index in [0.717, 1.165) is 11.3 Å². The maximum Gasteiger partial charge on any atom is 0.142 e. The van der Waals surface area contributed by atoms with Crippen LogP contribution in [0.2, 0.25) is 0 Å². The van der Waals surface area contributed by atoms with Gasteiger partial charge in [0.2, 0.25) is 0 Å². The van der Waals surface area contributed by atoms with Crippen molar-refractivity contribution in [2.45, 2.75) is 20.0 Å². The van der Waals surface area contributed by atoms with E-state index in [1.54, 1.807) is 12.1 Å². The number of hydrogen-bond donors (Lipinski definition) is 2. The summed E-state index contributed by atoms with van der Waals surface area (Å²) in [5, 5.41) is 9.92. The van der Waals surface area contributed by atoms with Crippen molar-refractivity contribution >= 4 is 5.69 Å². The molecule has 3 N–H and O–H groups in total. The molecule has 0 amide bonds. The summed E-state index contributed by atoms with van der Waals surface area (Å²) in [6.07, 6.45) is -0.717. The fraction of sp³-hybridized carbons (Fsp3) is 0.294. The Labute approximate surface area is 125 Å². The molecule has 4 nitrogen and oxygen atoms in total. The van der Waals surface area contributed by atoms with Crippen molar-refractivity contribution in [2.75, 3.05) is 18.9 Å². The number of benzene rings is 2. The molecule has 2 rings (SSSR count). The second kappa shape index (κ2) is 6.99. The van der Waals surface area contributed by atoms with Crippen LogP contribution in [0.5, 0.6) is 11.5 Å². The molecule has 0 bridgehead atoms. The van der Waals surface area contributed by atoms with Gasteiger partial charge in [-0.05, 0) is 37.6 Å². The lowest BCUT2D eigenvalue weighted by Crippen LogP contribution is -2.25. The highest BCUT2D eigenvalue weighted by molar-refractivity contribution is 5.51. The maximum absolute atomic E-state index is 9.92. The topological polar surface area (TPSA) is 64.7 Å². The zero-order chi connectivity index (χ0) is 15.2. The Balaban J connectivity index is 1.82. The van der Waals surface area contributed by atoms with Crippen LogP contribution >= 0.6 is 0 Å². The smallest absolute Gasteiger partial charge is 0.142 e. The minimum atomic E-state index is -0.717. The average molecular weight is 287 g/mol. The van der Waals surface area contributed by atoms with Crippen molar-refractivity contribution in [3.8, 4) is 11.5 Å². The van der Waals surface area contributed by atoms with Crippen molar-refractivity contribution in [3.63, 3.8) is 0 Å². The van der Waals surface area contributed by atoms with Crippen molar-refractivity contribution in [1.82, 2.24) is 0 Å². The Morgan fingerprint density at radius 1 is 1.00 bits per heavy atom. The van der Waals surface area contributed by atoms with Gasteiger partial charge in [-0.3, -0.25) is 0 Å². The van der Waals surface area contributed by atoms with Gasteiger partial charge in [-0.25, -0.2) is 0 Å². The molecule has 0 aromatic heterocycles. The number of anilines is 1. The van der Waals surface area contributed by atoms with E-state index in [2.05, 4.69) is 0 Å². The lowest BCUT2D eigenvalue weighted by Gasteiger charge is -2.15. The molecule has 0 saturated carbocycles. The SMILES string of the molecule is Cc1ccc(OCC(O)COc2ccccc2N)c(C)c1. The normalized spacial score (nSPS) is 12.0. The van der Waals surface area contributed by atoms with Crippen LogP contribution in [0.15, 0.2) is 42.5 Å². The highest BCUT2D eigenvalue weighted by Gasteiger charge is 2.09. The first-order valence-electron chi connectivity index (χ1n) is 6.91. The van der Waals surface area contributed by atoms with Gasteiger partial charge < -0.3 is 20.3 Å². The lowest BCUT2D eigenvalue weighted by atomic mass is 10.1. The third-order valence-corrected chi connectivity index (χ3v) is 3.11. The molecular weight excluding hydrogens is 266 g/mol. The number of aliphatic hydroxyl groups excluding tert-OH is 1. The summed E-state index contributed by atoms with van der Waals surface area (Å²) in [7, 11) is 0. The minimum absolute atomic E-state index is 0.138. The molecule has 1 unspecified atom stereocenters. The zero-order valence-corrected chi connectivity index (χ0v) is 12.4. The van der Waals surface area contributed by atoms with Crippen molar-refractivity contribution in [1.29, 1.82) is 0 Å². The largest absolute Gasteiger partial charge is 0.490 e. The maximum atomic E-state index is 9.92. The monoisotopic (exact) mass is 287 g/mol. The van der Waals surface area contributed by atoms with Gasteiger partial charge in [0.25, 0.3) is 0 Å². The van der Waals surface area contributed by atoms with E-state index in [4.69, 9.17) is 15.2 Å². The first kappa shape index (κ1) is 15.2. The molecule has 0 aliphatic heterocycles. The summed E-state index contributed by atoms with van der Waals surface area (Å²) in [6, 6.07) is 13.1. The summed E-state index contributed by atoms with van der Waals surface area (Å²) in [6.45, 7) is 4.33. The summed E-state index contributed by atoms with van der Waals surface area (Å²) >= 11 is 0. The van der Waals surface area contributed by atoms with E-state index in [9.17, 15) is 5.11 Å². The van der Waals surface area contributed by atoms with Crippen molar-refractivity contribution in [3.05, 3.63) is 53.6 Å². The average Bonchev–Trinajstić information content (AvgIpc) is 2.45. The van der Waals surface area contributed by atoms with Gasteiger partial charge in [-0.2, -0.15) is 0 Å². The van der Waals surface area contributed by atoms with Crippen LogP contribution in [0, 0.1) is 13.8 Å². The van der Waals surface area contributed by atoms with E-state index < -0.39 is 6.10 Å². The van der Waals surface area contributed by atoms with E-state index in [1.807, 2.05) is 44.2 Å². The molecule has 0 aliphatic carbocycles. The first-order chi connectivity index (χ1) is 10.1. The number of ether oxygens (including phenoxy) is 2. The Kier molecular flexibility index (Phi) is 5.06. The molecule has 21 heavy (non-hydrogen) atoms. The van der Waals surface area contributed by atoms with Crippen LogP contribution in [-0.2, 0) is 0 Å². The van der Waals surface area contributed by atoms with Crippen LogP contribution in [-0.4, -0.2) is 24.4 Å². The highest BCUT2D eigenvalue weighted by Crippen LogP contribution is 2.21. The van der Waals surface area contributed by atoms with Crippen molar-refractivity contribution in [2.24, 2.45) is 0 Å². The second-order valence-electron chi connectivity index (χ2n) is 5.08. The fourth-order valence-corrected chi connectivity index (χ4v) is 1.99. The number of nitrogens with two attached hydrogens (primary N) is 1. The third kappa shape index (κ3) is 4.39. The van der Waals surface area contributed by atoms with Crippen LogP contribution in [0.3, 0.4) is 0 Å². The lowest BCUT2D eigenvalue weighted by molar-refractivity contribution is 0.0627. The molecule has 0 aliphatic rings. The fourth-order valence-electron chi connectivity index (χ4n) is 1.99. The Hall–Kier alpha value is -2.20. The van der Waals surface area contributed by atoms with Gasteiger partial charge in [-0.15, -0.1) is 0 Å². The number of aryl methyl sites for hydroxylation is 2. The van der Waals surface area contributed by atoms with Crippen LogP contribution in [0.1, 0.15) is 11.1 Å². The number of hydrogen-bond acceptors (Lipinski definition) is 4. The van der Waals surface area contributed by atoms with Crippen LogP contribution in [0.25, 0.3) is 0 Å². The Bertz CT molecular complexity index is 598. The molecule has 112 valence electrons. The van der Waals surface area contributed by atoms with Gasteiger partial charge in [0, 0.05) is 0 Å². The van der Waals surface area contributed by atoms with Gasteiger partial charge >= 0.3 is 0 Å². The third-order valence-electron chi connectivity index (χ3n) is 3.11. The molecule has 0 fully saturated rings. The number of para-hydroxylation sites is 2. The van der Waals surface area contributed by atoms with Gasteiger partial charge in [0.1, 0.15) is 30.8 Å². The van der Waals surface area contributed by atoms with E-state index in [-0.39, 0.29) is 13.2 Å². The van der Waals surface area contributed by atoms with Gasteiger partial charge in [0.15, 0.2) is 0 Å². The van der Waals surface area contributed by atoms with Crippen molar-refractivity contribution < 1.29 is 14.6 Å². The molecule has 0 heterocycles. The van der Waals surface area contributed by atoms with E-state index in [0.29, 0.717) is 11.4 Å². The quantitative estimate of drug-likeness (QED) is 0.802. The predicted octanol–water partition coefficient (Wildman–Crippen LogP) is 2.70. The Morgan fingerprint density at radius 2 is 1.67 bits per heavy atom. The molecule has 2 aromatic rings. The van der Waals surface area contributed by atoms with Gasteiger partial charge in [0.05, 0.1) is 5.69 Å². The zero-order valence-electron chi connectivity index (χ0n) is 12.4. The summed E-state index contributed by atoms with van der Waals surface area (Å²) < 4.78 is 11.1. The molecule has 2 aromatic carbocycles. The van der Waals surface area contributed by atoms with Crippen LogP contribution < -0.4 is 15.2 Å². The Morgan fingerprint density at radius 3 is 2.33 bits per heavy atom. The molecule has 1 atom stereocenters. The first-order valence-corrected chi connectivity index (χ1v) is 6.91. The minimum Gasteiger partial charge on any atom is -0.490 e. The summed E-state index contributed by atoms with van der Waals surface area (Å²) in [5.74, 6) is 1.35. The molecule has 0 saturated heterocycles. The predicted molar refractivity (Wildman–Crippen MR) is 83.8 cm³/mol. The molecule has 0 spiro atoms. The molecule has 0 radical (unpaired) electrons. The second-order valence-corrected chi connectivity index (χ2v) is 5.08. The molecule has 4 heteroatoms.